The van der Waals surface area contributed by atoms with E-state index in [0.717, 1.165) is 37.3 Å². The SMILES string of the molecule is CCn1nc(C)c(CN2CCCC(O)(Cc3nc(C)no3)C2)n1. The number of rotatable bonds is 5. The van der Waals surface area contributed by atoms with Gasteiger partial charge in [-0.2, -0.15) is 20.0 Å². The Bertz CT molecular complexity index is 667. The first-order valence-corrected chi connectivity index (χ1v) is 8.12. The van der Waals surface area contributed by atoms with Gasteiger partial charge in [0.25, 0.3) is 0 Å². The van der Waals surface area contributed by atoms with E-state index in [9.17, 15) is 5.11 Å². The van der Waals surface area contributed by atoms with Crippen LogP contribution in [-0.4, -0.2) is 53.8 Å². The minimum atomic E-state index is -0.828. The van der Waals surface area contributed by atoms with Gasteiger partial charge >= 0.3 is 0 Å². The monoisotopic (exact) mass is 320 g/mol. The summed E-state index contributed by atoms with van der Waals surface area (Å²) in [4.78, 5) is 8.14. The Balaban J connectivity index is 1.66. The van der Waals surface area contributed by atoms with E-state index in [-0.39, 0.29) is 0 Å². The first kappa shape index (κ1) is 16.1. The van der Waals surface area contributed by atoms with Crippen LogP contribution < -0.4 is 0 Å². The van der Waals surface area contributed by atoms with Crippen molar-refractivity contribution in [2.24, 2.45) is 0 Å². The van der Waals surface area contributed by atoms with E-state index in [4.69, 9.17) is 4.52 Å². The summed E-state index contributed by atoms with van der Waals surface area (Å²) >= 11 is 0. The molecule has 0 aliphatic carbocycles. The Kier molecular flexibility index (Phi) is 4.45. The lowest BCUT2D eigenvalue weighted by atomic mass is 9.89. The summed E-state index contributed by atoms with van der Waals surface area (Å²) in [6, 6.07) is 0. The summed E-state index contributed by atoms with van der Waals surface area (Å²) in [5.41, 5.74) is 1.10. The van der Waals surface area contributed by atoms with Crippen LogP contribution in [-0.2, 0) is 19.5 Å². The van der Waals surface area contributed by atoms with Crippen LogP contribution in [0.3, 0.4) is 0 Å². The normalized spacial score (nSPS) is 22.6. The summed E-state index contributed by atoms with van der Waals surface area (Å²) in [5.74, 6) is 1.10. The van der Waals surface area contributed by atoms with Crippen molar-refractivity contribution in [3.05, 3.63) is 23.1 Å². The third-order valence-corrected chi connectivity index (χ3v) is 4.26. The van der Waals surface area contributed by atoms with Gasteiger partial charge in [-0.15, -0.1) is 0 Å². The van der Waals surface area contributed by atoms with Gasteiger partial charge < -0.3 is 9.63 Å². The van der Waals surface area contributed by atoms with E-state index < -0.39 is 5.60 Å². The molecule has 1 saturated heterocycles. The fourth-order valence-corrected chi connectivity index (χ4v) is 3.14. The van der Waals surface area contributed by atoms with Crippen molar-refractivity contribution in [1.82, 2.24) is 30.0 Å². The van der Waals surface area contributed by atoms with Crippen LogP contribution in [0, 0.1) is 13.8 Å². The third-order valence-electron chi connectivity index (χ3n) is 4.26. The molecule has 126 valence electrons. The average Bonchev–Trinajstić information content (AvgIpc) is 3.05. The summed E-state index contributed by atoms with van der Waals surface area (Å²) in [6.07, 6.45) is 2.07. The topological polar surface area (TPSA) is 93.1 Å². The molecule has 3 rings (SSSR count). The van der Waals surface area contributed by atoms with E-state index in [1.165, 1.54) is 0 Å². The number of nitrogens with zero attached hydrogens (tertiary/aromatic N) is 6. The summed E-state index contributed by atoms with van der Waals surface area (Å²) in [6.45, 7) is 8.78. The molecule has 3 heterocycles. The molecular weight excluding hydrogens is 296 g/mol. The minimum absolute atomic E-state index is 0.394. The molecule has 8 heteroatoms. The smallest absolute Gasteiger partial charge is 0.229 e. The highest BCUT2D eigenvalue weighted by Gasteiger charge is 2.35. The molecule has 0 spiro atoms. The second-order valence-electron chi connectivity index (χ2n) is 6.37. The lowest BCUT2D eigenvalue weighted by molar-refractivity contribution is -0.0377. The fourth-order valence-electron chi connectivity index (χ4n) is 3.14. The standard InChI is InChI=1S/C15H24N6O2/c1-4-21-17-11(2)13(18-21)9-20-7-5-6-15(22,10-20)8-14-16-12(3)19-23-14/h22H,4-10H2,1-3H3. The van der Waals surface area contributed by atoms with Crippen molar-refractivity contribution < 1.29 is 9.63 Å². The molecule has 8 nitrogen and oxygen atoms in total. The number of likely N-dealkylation sites (tertiary alicyclic amines) is 1. The van der Waals surface area contributed by atoms with Crippen LogP contribution in [0.15, 0.2) is 4.52 Å². The van der Waals surface area contributed by atoms with E-state index in [0.29, 0.717) is 31.2 Å². The number of hydrogen-bond acceptors (Lipinski definition) is 7. The second kappa shape index (κ2) is 6.37. The largest absolute Gasteiger partial charge is 0.388 e. The predicted octanol–water partition coefficient (Wildman–Crippen LogP) is 0.867. The molecule has 1 fully saturated rings. The van der Waals surface area contributed by atoms with Crippen molar-refractivity contribution in [3.8, 4) is 0 Å². The van der Waals surface area contributed by atoms with E-state index in [2.05, 4.69) is 25.2 Å². The summed E-state index contributed by atoms with van der Waals surface area (Å²) < 4.78 is 5.16. The van der Waals surface area contributed by atoms with Gasteiger partial charge in [-0.1, -0.05) is 5.16 Å². The lowest BCUT2D eigenvalue weighted by Crippen LogP contribution is -2.49. The highest BCUT2D eigenvalue weighted by molar-refractivity contribution is 5.07. The maximum absolute atomic E-state index is 10.9. The van der Waals surface area contributed by atoms with Crippen LogP contribution in [0.2, 0.25) is 0 Å². The van der Waals surface area contributed by atoms with Crippen molar-refractivity contribution in [1.29, 1.82) is 0 Å². The molecule has 0 radical (unpaired) electrons. The molecule has 0 saturated carbocycles. The average molecular weight is 320 g/mol. The minimum Gasteiger partial charge on any atom is -0.388 e. The van der Waals surface area contributed by atoms with Gasteiger partial charge in [0.15, 0.2) is 5.82 Å². The van der Waals surface area contributed by atoms with E-state index >= 15 is 0 Å². The highest BCUT2D eigenvalue weighted by atomic mass is 16.5. The molecule has 1 N–H and O–H groups in total. The molecule has 2 aromatic rings. The predicted molar refractivity (Wildman–Crippen MR) is 82.6 cm³/mol. The van der Waals surface area contributed by atoms with Gasteiger partial charge in [-0.05, 0) is 40.2 Å². The van der Waals surface area contributed by atoms with E-state index in [1.807, 2.05) is 13.8 Å². The third kappa shape index (κ3) is 3.76. The van der Waals surface area contributed by atoms with Gasteiger partial charge in [0.2, 0.25) is 5.89 Å². The van der Waals surface area contributed by atoms with Crippen LogP contribution in [0.5, 0.6) is 0 Å². The highest BCUT2D eigenvalue weighted by Crippen LogP contribution is 2.26. The molecule has 1 aliphatic rings. The molecule has 23 heavy (non-hydrogen) atoms. The first-order valence-electron chi connectivity index (χ1n) is 8.12. The Hall–Kier alpha value is -1.80. The molecule has 1 atom stereocenters. The quantitative estimate of drug-likeness (QED) is 0.873. The Morgan fingerprint density at radius 1 is 1.30 bits per heavy atom. The Morgan fingerprint density at radius 2 is 2.13 bits per heavy atom. The first-order chi connectivity index (χ1) is 11.0. The van der Waals surface area contributed by atoms with Crippen LogP contribution >= 0.6 is 0 Å². The Morgan fingerprint density at radius 3 is 2.78 bits per heavy atom. The number of aliphatic hydroxyl groups is 1. The van der Waals surface area contributed by atoms with Gasteiger partial charge in [0.05, 0.1) is 30.0 Å². The zero-order valence-corrected chi connectivity index (χ0v) is 14.0. The zero-order valence-electron chi connectivity index (χ0n) is 14.0. The Labute approximate surface area is 135 Å². The maximum atomic E-state index is 10.9. The molecular formula is C15H24N6O2. The van der Waals surface area contributed by atoms with Crippen molar-refractivity contribution in [2.45, 2.75) is 58.7 Å². The molecule has 0 amide bonds. The lowest BCUT2D eigenvalue weighted by Gasteiger charge is -2.38. The van der Waals surface area contributed by atoms with Crippen LogP contribution in [0.4, 0.5) is 0 Å². The summed E-state index contributed by atoms with van der Waals surface area (Å²) in [7, 11) is 0. The molecule has 1 unspecified atom stereocenters. The molecule has 0 bridgehead atoms. The number of β-amino-alcohol motifs (C(OH)–C–C–N with tert-alkyl or cyclic N) is 1. The van der Waals surface area contributed by atoms with E-state index in [1.54, 1.807) is 11.7 Å². The van der Waals surface area contributed by atoms with Crippen LogP contribution in [0.1, 0.15) is 42.9 Å². The number of piperidine rings is 1. The fraction of sp³-hybridized carbons (Fsp3) is 0.733. The molecule has 1 aliphatic heterocycles. The van der Waals surface area contributed by atoms with Gasteiger partial charge in [0.1, 0.15) is 0 Å². The van der Waals surface area contributed by atoms with Crippen molar-refractivity contribution >= 4 is 0 Å². The van der Waals surface area contributed by atoms with Gasteiger partial charge in [-0.3, -0.25) is 4.90 Å². The molecule has 2 aromatic heterocycles. The number of aryl methyl sites for hydroxylation is 3. The maximum Gasteiger partial charge on any atom is 0.229 e. The second-order valence-corrected chi connectivity index (χ2v) is 6.37. The van der Waals surface area contributed by atoms with Crippen molar-refractivity contribution in [2.75, 3.05) is 13.1 Å². The van der Waals surface area contributed by atoms with Gasteiger partial charge in [0, 0.05) is 13.1 Å². The van der Waals surface area contributed by atoms with Crippen molar-refractivity contribution in [3.63, 3.8) is 0 Å². The van der Waals surface area contributed by atoms with Gasteiger partial charge in [-0.25, -0.2) is 0 Å². The summed E-state index contributed by atoms with van der Waals surface area (Å²) in [5, 5.41) is 23.6. The molecule has 0 aromatic carbocycles. The number of aromatic nitrogens is 5. The van der Waals surface area contributed by atoms with Crippen LogP contribution in [0.25, 0.3) is 0 Å². The zero-order chi connectivity index (χ0) is 16.4. The number of hydrogen-bond donors (Lipinski definition) is 1.